The van der Waals surface area contributed by atoms with E-state index in [0.717, 1.165) is 39.7 Å². The van der Waals surface area contributed by atoms with Crippen molar-refractivity contribution in [3.8, 4) is 0 Å². The lowest BCUT2D eigenvalue weighted by molar-refractivity contribution is 0.0979. The largest absolute Gasteiger partial charge is 0.378 e. The number of hydrogen-bond donors (Lipinski definition) is 2. The molecule has 30 heavy (non-hydrogen) atoms. The molecule has 2 N–H and O–H groups in total. The topological polar surface area (TPSA) is 53.6 Å². The van der Waals surface area contributed by atoms with E-state index < -0.39 is 0 Å². The van der Waals surface area contributed by atoms with Gasteiger partial charge in [0, 0.05) is 23.1 Å². The zero-order chi connectivity index (χ0) is 21.1. The first kappa shape index (κ1) is 21.1. The van der Waals surface area contributed by atoms with Gasteiger partial charge in [0.1, 0.15) is 0 Å². The predicted molar refractivity (Wildman–Crippen MR) is 130 cm³/mol. The number of benzene rings is 3. The van der Waals surface area contributed by atoms with Gasteiger partial charge in [-0.1, -0.05) is 57.9 Å². The number of rotatable bonds is 3. The van der Waals surface area contributed by atoms with Gasteiger partial charge in [-0.2, -0.15) is 0 Å². The fourth-order valence-electron chi connectivity index (χ4n) is 3.52. The second kappa shape index (κ2) is 9.31. The molecule has 0 unspecified atom stereocenters. The number of morpholine rings is 1. The zero-order valence-corrected chi connectivity index (χ0v) is 19.1. The summed E-state index contributed by atoms with van der Waals surface area (Å²) in [7, 11) is 0. The van der Waals surface area contributed by atoms with E-state index in [-0.39, 0.29) is 11.0 Å². The first-order chi connectivity index (χ1) is 14.5. The quantitative estimate of drug-likeness (QED) is 0.479. The molecule has 0 saturated carbocycles. The third-order valence-electron chi connectivity index (χ3n) is 4.90. The molecule has 0 aromatic heterocycles. The number of halogens is 2. The molecule has 0 spiro atoms. The van der Waals surface area contributed by atoms with Gasteiger partial charge in [0.2, 0.25) is 0 Å². The van der Waals surface area contributed by atoms with Gasteiger partial charge in [-0.05, 0) is 47.3 Å². The van der Waals surface area contributed by atoms with Crippen LogP contribution < -0.4 is 15.5 Å². The van der Waals surface area contributed by atoms with Gasteiger partial charge in [-0.3, -0.25) is 10.1 Å². The van der Waals surface area contributed by atoms with E-state index in [2.05, 4.69) is 31.5 Å². The predicted octanol–water partition coefficient (Wildman–Crippen LogP) is 5.22. The summed E-state index contributed by atoms with van der Waals surface area (Å²) in [6, 6.07) is 16.9. The van der Waals surface area contributed by atoms with Crippen LogP contribution in [0.1, 0.15) is 10.4 Å². The average molecular weight is 505 g/mol. The molecule has 1 fully saturated rings. The zero-order valence-electron chi connectivity index (χ0n) is 16.0. The van der Waals surface area contributed by atoms with Crippen molar-refractivity contribution in [3.05, 3.63) is 69.7 Å². The smallest absolute Gasteiger partial charge is 0.258 e. The summed E-state index contributed by atoms with van der Waals surface area (Å²) < 4.78 is 6.37. The Kier molecular flexibility index (Phi) is 6.53. The van der Waals surface area contributed by atoms with Crippen molar-refractivity contribution >= 4 is 72.9 Å². The number of nitrogens with zero attached hydrogens (tertiary/aromatic N) is 1. The van der Waals surface area contributed by atoms with Crippen LogP contribution in [0.15, 0.2) is 59.1 Å². The fraction of sp³-hybridized carbons (Fsp3) is 0.182. The number of ether oxygens (including phenoxy) is 1. The number of hydrogen-bond acceptors (Lipinski definition) is 4. The summed E-state index contributed by atoms with van der Waals surface area (Å²) in [6.45, 7) is 2.76. The molecule has 1 aliphatic heterocycles. The van der Waals surface area contributed by atoms with Crippen LogP contribution in [0.5, 0.6) is 0 Å². The van der Waals surface area contributed by atoms with Gasteiger partial charge in [0.25, 0.3) is 5.91 Å². The average Bonchev–Trinajstić information content (AvgIpc) is 2.74. The molecular formula is C22H19BrClN3O2S. The molecule has 1 saturated heterocycles. The van der Waals surface area contributed by atoms with E-state index in [9.17, 15) is 4.79 Å². The van der Waals surface area contributed by atoms with E-state index in [0.29, 0.717) is 23.8 Å². The highest BCUT2D eigenvalue weighted by Crippen LogP contribution is 2.34. The minimum absolute atomic E-state index is 0.212. The van der Waals surface area contributed by atoms with Crippen LogP contribution in [0.4, 0.5) is 11.4 Å². The Morgan fingerprint density at radius 3 is 2.53 bits per heavy atom. The molecule has 0 aliphatic carbocycles. The van der Waals surface area contributed by atoms with Gasteiger partial charge in [0.05, 0.1) is 29.6 Å². The number of nitrogens with one attached hydrogen (secondary N) is 2. The molecule has 5 nitrogen and oxygen atoms in total. The molecule has 154 valence electrons. The molecule has 0 bridgehead atoms. The molecule has 1 heterocycles. The molecule has 3 aromatic carbocycles. The standard InChI is InChI=1S/C22H19BrClN3O2S/c23-17-7-2-4-14-15(17)5-1-6-16(14)21(28)26-22(30)25-19-9-3-8-18(24)20(19)27-10-12-29-13-11-27/h1-9H,10-13H2,(H2,25,26,28,30). The molecular weight excluding hydrogens is 486 g/mol. The van der Waals surface area contributed by atoms with Crippen molar-refractivity contribution in [2.24, 2.45) is 0 Å². The number of amides is 1. The van der Waals surface area contributed by atoms with Crippen LogP contribution in [0.3, 0.4) is 0 Å². The number of carbonyl (C=O) groups excluding carboxylic acids is 1. The summed E-state index contributed by atoms with van der Waals surface area (Å²) in [5.41, 5.74) is 2.15. The van der Waals surface area contributed by atoms with Crippen molar-refractivity contribution in [3.63, 3.8) is 0 Å². The van der Waals surface area contributed by atoms with Crippen molar-refractivity contribution in [2.45, 2.75) is 0 Å². The summed E-state index contributed by atoms with van der Waals surface area (Å²) in [6.07, 6.45) is 0. The second-order valence-corrected chi connectivity index (χ2v) is 8.45. The Balaban J connectivity index is 1.54. The van der Waals surface area contributed by atoms with Crippen LogP contribution in [0.25, 0.3) is 10.8 Å². The Bertz CT molecular complexity index is 1120. The van der Waals surface area contributed by atoms with E-state index in [1.807, 2.05) is 48.5 Å². The molecule has 3 aromatic rings. The van der Waals surface area contributed by atoms with Crippen molar-refractivity contribution in [2.75, 3.05) is 36.5 Å². The molecule has 0 atom stereocenters. The highest BCUT2D eigenvalue weighted by Gasteiger charge is 2.19. The van der Waals surface area contributed by atoms with E-state index in [1.165, 1.54) is 0 Å². The molecule has 4 rings (SSSR count). The highest BCUT2D eigenvalue weighted by atomic mass is 79.9. The lowest BCUT2D eigenvalue weighted by Crippen LogP contribution is -2.38. The maximum atomic E-state index is 12.9. The minimum Gasteiger partial charge on any atom is -0.378 e. The van der Waals surface area contributed by atoms with Crippen molar-refractivity contribution in [1.29, 1.82) is 0 Å². The molecule has 0 radical (unpaired) electrons. The van der Waals surface area contributed by atoms with Crippen LogP contribution in [-0.2, 0) is 4.74 Å². The minimum atomic E-state index is -0.272. The van der Waals surface area contributed by atoms with Crippen molar-refractivity contribution < 1.29 is 9.53 Å². The van der Waals surface area contributed by atoms with Gasteiger partial charge in [0.15, 0.2) is 5.11 Å². The van der Waals surface area contributed by atoms with Gasteiger partial charge in [-0.15, -0.1) is 0 Å². The van der Waals surface area contributed by atoms with E-state index in [1.54, 1.807) is 6.07 Å². The number of carbonyl (C=O) groups is 1. The fourth-order valence-corrected chi connectivity index (χ4v) is 4.51. The van der Waals surface area contributed by atoms with Gasteiger partial charge in [-0.25, -0.2) is 0 Å². The number of para-hydroxylation sites is 1. The molecule has 1 aliphatic rings. The maximum Gasteiger partial charge on any atom is 0.258 e. The van der Waals surface area contributed by atoms with Crippen LogP contribution >= 0.6 is 39.7 Å². The lowest BCUT2D eigenvalue weighted by atomic mass is 10.0. The van der Waals surface area contributed by atoms with Crippen LogP contribution in [-0.4, -0.2) is 37.3 Å². The van der Waals surface area contributed by atoms with Crippen molar-refractivity contribution in [1.82, 2.24) is 5.32 Å². The lowest BCUT2D eigenvalue weighted by Gasteiger charge is -2.31. The highest BCUT2D eigenvalue weighted by molar-refractivity contribution is 9.10. The Hall–Kier alpha value is -2.19. The summed E-state index contributed by atoms with van der Waals surface area (Å²) in [4.78, 5) is 15.1. The number of thiocarbonyl (C=S) groups is 1. The van der Waals surface area contributed by atoms with Crippen LogP contribution in [0, 0.1) is 0 Å². The van der Waals surface area contributed by atoms with E-state index >= 15 is 0 Å². The monoisotopic (exact) mass is 503 g/mol. The third-order valence-corrected chi connectivity index (χ3v) is 6.10. The Morgan fingerprint density at radius 2 is 1.73 bits per heavy atom. The Labute approximate surface area is 193 Å². The van der Waals surface area contributed by atoms with Gasteiger partial charge >= 0.3 is 0 Å². The summed E-state index contributed by atoms with van der Waals surface area (Å²) in [5, 5.41) is 8.57. The normalized spacial score (nSPS) is 13.9. The first-order valence-electron chi connectivity index (χ1n) is 9.45. The maximum absolute atomic E-state index is 12.9. The Morgan fingerprint density at radius 1 is 1.03 bits per heavy atom. The first-order valence-corrected chi connectivity index (χ1v) is 11.0. The van der Waals surface area contributed by atoms with E-state index in [4.69, 9.17) is 28.6 Å². The third kappa shape index (κ3) is 4.44. The summed E-state index contributed by atoms with van der Waals surface area (Å²) in [5.74, 6) is -0.272. The number of anilines is 2. The second-order valence-electron chi connectivity index (χ2n) is 6.78. The van der Waals surface area contributed by atoms with Crippen LogP contribution in [0.2, 0.25) is 5.02 Å². The van der Waals surface area contributed by atoms with Gasteiger partial charge < -0.3 is 15.0 Å². The number of fused-ring (bicyclic) bond motifs is 1. The molecule has 8 heteroatoms. The molecule has 1 amide bonds. The SMILES string of the molecule is O=C(NC(=S)Nc1cccc(Cl)c1N1CCOCC1)c1cccc2c(Br)cccc12. The summed E-state index contributed by atoms with van der Waals surface area (Å²) >= 11 is 15.4.